The van der Waals surface area contributed by atoms with E-state index in [2.05, 4.69) is 0 Å². The van der Waals surface area contributed by atoms with Gasteiger partial charge in [-0.2, -0.15) is 0 Å². The van der Waals surface area contributed by atoms with Gasteiger partial charge in [0.1, 0.15) is 5.75 Å². The van der Waals surface area contributed by atoms with Gasteiger partial charge < -0.3 is 15.6 Å². The molecule has 4 nitrogen and oxygen atoms in total. The first-order chi connectivity index (χ1) is 8.16. The lowest BCUT2D eigenvalue weighted by Gasteiger charge is -2.13. The molecular weight excluding hydrogens is 218 g/mol. The molecule has 3 N–H and O–H groups in total. The van der Waals surface area contributed by atoms with Gasteiger partial charge in [-0.05, 0) is 37.0 Å². The molecule has 1 aliphatic carbocycles. The van der Waals surface area contributed by atoms with Gasteiger partial charge in [-0.25, -0.2) is 4.79 Å². The van der Waals surface area contributed by atoms with Crippen LogP contribution in [0.2, 0.25) is 0 Å². The van der Waals surface area contributed by atoms with Crippen LogP contribution in [-0.4, -0.2) is 17.7 Å². The van der Waals surface area contributed by atoms with Crippen molar-refractivity contribution in [2.45, 2.75) is 25.7 Å². The number of carboxylic acids is 1. The lowest BCUT2D eigenvalue weighted by atomic mass is 10.1. The SMILES string of the molecule is Nc1ccc(C(=O)O)cc1OCC1CCCC1. The van der Waals surface area contributed by atoms with E-state index in [0.717, 1.165) is 0 Å². The second kappa shape index (κ2) is 5.08. The summed E-state index contributed by atoms with van der Waals surface area (Å²) in [4.78, 5) is 10.8. The van der Waals surface area contributed by atoms with E-state index in [1.165, 1.54) is 37.8 Å². The van der Waals surface area contributed by atoms with Crippen molar-refractivity contribution in [3.8, 4) is 5.75 Å². The van der Waals surface area contributed by atoms with Crippen LogP contribution in [0.3, 0.4) is 0 Å². The number of anilines is 1. The molecular formula is C13H17NO3. The van der Waals surface area contributed by atoms with E-state index in [0.29, 0.717) is 24.0 Å². The fourth-order valence-electron chi connectivity index (χ4n) is 2.18. The number of hydrogen-bond acceptors (Lipinski definition) is 3. The van der Waals surface area contributed by atoms with Crippen LogP contribution >= 0.6 is 0 Å². The second-order valence-corrected chi connectivity index (χ2v) is 4.52. The van der Waals surface area contributed by atoms with Gasteiger partial charge in [-0.3, -0.25) is 0 Å². The molecule has 0 aliphatic heterocycles. The molecule has 92 valence electrons. The fourth-order valence-corrected chi connectivity index (χ4v) is 2.18. The molecule has 0 heterocycles. The van der Waals surface area contributed by atoms with Crippen LogP contribution in [0.1, 0.15) is 36.0 Å². The minimum absolute atomic E-state index is 0.209. The Balaban J connectivity index is 2.03. The lowest BCUT2D eigenvalue weighted by Crippen LogP contribution is -2.10. The highest BCUT2D eigenvalue weighted by atomic mass is 16.5. The highest BCUT2D eigenvalue weighted by Crippen LogP contribution is 2.28. The van der Waals surface area contributed by atoms with E-state index in [1.807, 2.05) is 0 Å². The average Bonchev–Trinajstić information content (AvgIpc) is 2.80. The van der Waals surface area contributed by atoms with Crippen molar-refractivity contribution in [2.75, 3.05) is 12.3 Å². The van der Waals surface area contributed by atoms with Gasteiger partial charge in [0, 0.05) is 0 Å². The van der Waals surface area contributed by atoms with E-state index >= 15 is 0 Å². The molecule has 17 heavy (non-hydrogen) atoms. The fraction of sp³-hybridized carbons (Fsp3) is 0.462. The Morgan fingerprint density at radius 3 is 2.76 bits per heavy atom. The van der Waals surface area contributed by atoms with Gasteiger partial charge >= 0.3 is 5.97 Å². The van der Waals surface area contributed by atoms with Crippen molar-refractivity contribution < 1.29 is 14.6 Å². The summed E-state index contributed by atoms with van der Waals surface area (Å²) in [6.45, 7) is 0.632. The molecule has 1 saturated carbocycles. The van der Waals surface area contributed by atoms with Crippen molar-refractivity contribution in [2.24, 2.45) is 5.92 Å². The predicted molar refractivity (Wildman–Crippen MR) is 65.3 cm³/mol. The Kier molecular flexibility index (Phi) is 3.52. The van der Waals surface area contributed by atoms with Gasteiger partial charge in [-0.1, -0.05) is 12.8 Å². The van der Waals surface area contributed by atoms with Crippen LogP contribution in [0, 0.1) is 5.92 Å². The molecule has 0 atom stereocenters. The molecule has 0 aromatic heterocycles. The Morgan fingerprint density at radius 1 is 1.41 bits per heavy atom. The van der Waals surface area contributed by atoms with Crippen LogP contribution in [0.5, 0.6) is 5.75 Å². The summed E-state index contributed by atoms with van der Waals surface area (Å²) in [5.41, 5.74) is 6.46. The zero-order chi connectivity index (χ0) is 12.3. The maximum Gasteiger partial charge on any atom is 0.335 e. The number of nitrogens with two attached hydrogens (primary N) is 1. The van der Waals surface area contributed by atoms with Crippen LogP contribution in [0.15, 0.2) is 18.2 Å². The number of benzene rings is 1. The van der Waals surface area contributed by atoms with E-state index in [-0.39, 0.29) is 5.56 Å². The molecule has 0 bridgehead atoms. The number of carbonyl (C=O) groups is 1. The number of aromatic carboxylic acids is 1. The third kappa shape index (κ3) is 2.90. The van der Waals surface area contributed by atoms with Crippen LogP contribution in [-0.2, 0) is 0 Å². The molecule has 1 fully saturated rings. The first kappa shape index (κ1) is 11.8. The second-order valence-electron chi connectivity index (χ2n) is 4.52. The van der Waals surface area contributed by atoms with Crippen molar-refractivity contribution in [3.63, 3.8) is 0 Å². The predicted octanol–water partition coefficient (Wildman–Crippen LogP) is 2.54. The van der Waals surface area contributed by atoms with Gasteiger partial charge in [0.05, 0.1) is 17.9 Å². The molecule has 0 amide bonds. The quantitative estimate of drug-likeness (QED) is 0.786. The van der Waals surface area contributed by atoms with Gasteiger partial charge in [-0.15, -0.1) is 0 Å². The topological polar surface area (TPSA) is 72.6 Å². The zero-order valence-electron chi connectivity index (χ0n) is 9.69. The third-order valence-corrected chi connectivity index (χ3v) is 3.21. The highest BCUT2D eigenvalue weighted by molar-refractivity contribution is 5.89. The number of carboxylic acid groups (broad SMARTS) is 1. The molecule has 0 radical (unpaired) electrons. The highest BCUT2D eigenvalue weighted by Gasteiger charge is 2.16. The number of rotatable bonds is 4. The molecule has 0 unspecified atom stereocenters. The van der Waals surface area contributed by atoms with Gasteiger partial charge in [0.15, 0.2) is 0 Å². The standard InChI is InChI=1S/C13H17NO3/c14-11-6-5-10(13(15)16)7-12(11)17-8-9-3-1-2-4-9/h5-7,9H,1-4,8,14H2,(H,15,16). The van der Waals surface area contributed by atoms with Crippen molar-refractivity contribution in [3.05, 3.63) is 23.8 Å². The smallest absolute Gasteiger partial charge is 0.335 e. The summed E-state index contributed by atoms with van der Waals surface area (Å²) in [5, 5.41) is 8.88. The Hall–Kier alpha value is -1.71. The summed E-state index contributed by atoms with van der Waals surface area (Å²) >= 11 is 0. The molecule has 1 aromatic carbocycles. The van der Waals surface area contributed by atoms with Crippen molar-refractivity contribution in [1.82, 2.24) is 0 Å². The Morgan fingerprint density at radius 2 is 2.12 bits per heavy atom. The zero-order valence-corrected chi connectivity index (χ0v) is 9.69. The summed E-state index contributed by atoms with van der Waals surface area (Å²) < 4.78 is 5.62. The van der Waals surface area contributed by atoms with E-state index in [4.69, 9.17) is 15.6 Å². The third-order valence-electron chi connectivity index (χ3n) is 3.21. The Bertz CT molecular complexity index is 411. The van der Waals surface area contributed by atoms with Crippen LogP contribution in [0.4, 0.5) is 5.69 Å². The molecule has 0 saturated heterocycles. The van der Waals surface area contributed by atoms with E-state index < -0.39 is 5.97 Å². The summed E-state index contributed by atoms with van der Waals surface area (Å²) in [6, 6.07) is 4.56. The van der Waals surface area contributed by atoms with Crippen molar-refractivity contribution >= 4 is 11.7 Å². The van der Waals surface area contributed by atoms with Gasteiger partial charge in [0.25, 0.3) is 0 Å². The minimum Gasteiger partial charge on any atom is -0.491 e. The maximum atomic E-state index is 10.8. The first-order valence-electron chi connectivity index (χ1n) is 5.92. The lowest BCUT2D eigenvalue weighted by molar-refractivity contribution is 0.0696. The minimum atomic E-state index is -0.962. The van der Waals surface area contributed by atoms with E-state index in [9.17, 15) is 4.79 Å². The number of ether oxygens (including phenoxy) is 1. The van der Waals surface area contributed by atoms with Gasteiger partial charge in [0.2, 0.25) is 0 Å². The molecule has 4 heteroatoms. The van der Waals surface area contributed by atoms with Crippen LogP contribution < -0.4 is 10.5 Å². The summed E-state index contributed by atoms with van der Waals surface area (Å²) in [7, 11) is 0. The van der Waals surface area contributed by atoms with Crippen LogP contribution in [0.25, 0.3) is 0 Å². The molecule has 1 aromatic rings. The maximum absolute atomic E-state index is 10.8. The summed E-state index contributed by atoms with van der Waals surface area (Å²) in [5.74, 6) is 0.107. The van der Waals surface area contributed by atoms with E-state index in [1.54, 1.807) is 6.07 Å². The summed E-state index contributed by atoms with van der Waals surface area (Å²) in [6.07, 6.45) is 4.91. The normalized spacial score (nSPS) is 16.0. The number of nitrogen functional groups attached to an aromatic ring is 1. The average molecular weight is 235 g/mol. The first-order valence-corrected chi connectivity index (χ1v) is 5.92. The number of hydrogen-bond donors (Lipinski definition) is 2. The molecule has 2 rings (SSSR count). The monoisotopic (exact) mass is 235 g/mol. The Labute approximate surface area is 100 Å². The largest absolute Gasteiger partial charge is 0.491 e. The molecule has 0 spiro atoms. The molecule has 1 aliphatic rings. The van der Waals surface area contributed by atoms with Crippen molar-refractivity contribution in [1.29, 1.82) is 0 Å².